The van der Waals surface area contributed by atoms with Gasteiger partial charge in [-0.1, -0.05) is 15.9 Å². The van der Waals surface area contributed by atoms with Gasteiger partial charge in [-0.2, -0.15) is 0 Å². The zero-order valence-electron chi connectivity index (χ0n) is 6.89. The van der Waals surface area contributed by atoms with Crippen molar-refractivity contribution in [3.63, 3.8) is 0 Å². The number of rotatable bonds is 1. The number of phenolic OH excluding ortho intramolecular Hbond substituents is 1. The summed E-state index contributed by atoms with van der Waals surface area (Å²) in [6.45, 7) is 3.19. The fraction of sp³-hybridized carbons (Fsp3) is 0.222. The van der Waals surface area contributed by atoms with Crippen molar-refractivity contribution in [2.75, 3.05) is 0 Å². The molecule has 2 nitrogen and oxygen atoms in total. The van der Waals surface area contributed by atoms with Crippen LogP contribution in [0.4, 0.5) is 0 Å². The molecule has 3 heteroatoms. The topological polar surface area (TPSA) is 37.3 Å². The summed E-state index contributed by atoms with van der Waals surface area (Å²) in [6.07, 6.45) is 0. The van der Waals surface area contributed by atoms with Gasteiger partial charge in [0.15, 0.2) is 5.78 Å². The van der Waals surface area contributed by atoms with Gasteiger partial charge < -0.3 is 5.11 Å². The first-order valence-corrected chi connectivity index (χ1v) is 4.32. The second-order valence-electron chi connectivity index (χ2n) is 2.62. The van der Waals surface area contributed by atoms with E-state index in [0.717, 1.165) is 4.47 Å². The molecule has 12 heavy (non-hydrogen) atoms. The highest BCUT2D eigenvalue weighted by Gasteiger charge is 2.09. The lowest BCUT2D eigenvalue weighted by Crippen LogP contribution is -1.94. The molecule has 1 rings (SSSR count). The molecule has 0 heterocycles. The van der Waals surface area contributed by atoms with Crippen LogP contribution in [0.5, 0.6) is 5.75 Å². The fourth-order valence-corrected chi connectivity index (χ4v) is 1.28. The average molecular weight is 229 g/mol. The molecule has 1 aromatic carbocycles. The van der Waals surface area contributed by atoms with Gasteiger partial charge in [0.1, 0.15) is 5.75 Å². The lowest BCUT2D eigenvalue weighted by Gasteiger charge is -2.05. The molecule has 0 spiro atoms. The van der Waals surface area contributed by atoms with Crippen LogP contribution in [0.2, 0.25) is 0 Å². The zero-order chi connectivity index (χ0) is 9.30. The summed E-state index contributed by atoms with van der Waals surface area (Å²) >= 11 is 3.26. The molecule has 1 N–H and O–H groups in total. The predicted octanol–water partition coefficient (Wildman–Crippen LogP) is 2.67. The Bertz CT molecular complexity index is 332. The van der Waals surface area contributed by atoms with E-state index in [0.29, 0.717) is 11.1 Å². The maximum absolute atomic E-state index is 11.0. The van der Waals surface area contributed by atoms with E-state index >= 15 is 0 Å². The van der Waals surface area contributed by atoms with Crippen molar-refractivity contribution in [2.24, 2.45) is 0 Å². The van der Waals surface area contributed by atoms with Crippen LogP contribution in [0.25, 0.3) is 0 Å². The van der Waals surface area contributed by atoms with Crippen LogP contribution >= 0.6 is 15.9 Å². The van der Waals surface area contributed by atoms with E-state index in [1.807, 2.05) is 0 Å². The monoisotopic (exact) mass is 228 g/mol. The Hall–Kier alpha value is -0.830. The molecule has 0 bridgehead atoms. The third-order valence-electron chi connectivity index (χ3n) is 1.74. The van der Waals surface area contributed by atoms with Gasteiger partial charge in [0.05, 0.1) is 5.56 Å². The molecular weight excluding hydrogens is 220 g/mol. The van der Waals surface area contributed by atoms with Crippen molar-refractivity contribution in [1.29, 1.82) is 0 Å². The molecule has 0 saturated carbocycles. The van der Waals surface area contributed by atoms with Crippen LogP contribution in [0, 0.1) is 6.92 Å². The molecule has 0 aliphatic carbocycles. The molecular formula is C9H9BrO2. The first kappa shape index (κ1) is 9.26. The number of aromatic hydroxyl groups is 1. The number of ketones is 1. The third kappa shape index (κ3) is 1.50. The van der Waals surface area contributed by atoms with E-state index in [9.17, 15) is 9.90 Å². The standard InChI is InChI=1S/C9H9BrO2/c1-5-8(10)4-3-7(6(2)11)9(5)12/h3-4,12H,1-2H3. The zero-order valence-corrected chi connectivity index (χ0v) is 8.47. The number of phenols is 1. The summed E-state index contributed by atoms with van der Waals surface area (Å²) in [5.41, 5.74) is 1.07. The summed E-state index contributed by atoms with van der Waals surface area (Å²) in [6, 6.07) is 3.36. The lowest BCUT2D eigenvalue weighted by atomic mass is 10.1. The quantitative estimate of drug-likeness (QED) is 0.751. The Kier molecular flexibility index (Phi) is 2.52. The lowest BCUT2D eigenvalue weighted by molar-refractivity contribution is 0.101. The van der Waals surface area contributed by atoms with E-state index in [2.05, 4.69) is 15.9 Å². The molecule has 0 aliphatic heterocycles. The van der Waals surface area contributed by atoms with E-state index in [4.69, 9.17) is 0 Å². The number of hydrogen-bond donors (Lipinski definition) is 1. The molecule has 0 radical (unpaired) electrons. The van der Waals surface area contributed by atoms with E-state index < -0.39 is 0 Å². The van der Waals surface area contributed by atoms with Gasteiger partial charge in [0, 0.05) is 10.0 Å². The average Bonchev–Trinajstić information content (AvgIpc) is 2.00. The summed E-state index contributed by atoms with van der Waals surface area (Å²) in [4.78, 5) is 11.0. The molecule has 0 fully saturated rings. The van der Waals surface area contributed by atoms with Gasteiger partial charge in [0.25, 0.3) is 0 Å². The Morgan fingerprint density at radius 1 is 1.50 bits per heavy atom. The highest BCUT2D eigenvalue weighted by atomic mass is 79.9. The smallest absolute Gasteiger partial charge is 0.163 e. The van der Waals surface area contributed by atoms with Crippen molar-refractivity contribution in [1.82, 2.24) is 0 Å². The Morgan fingerprint density at radius 2 is 2.08 bits per heavy atom. The number of benzene rings is 1. The molecule has 0 saturated heterocycles. The Balaban J connectivity index is 3.36. The van der Waals surface area contributed by atoms with Crippen LogP contribution in [-0.2, 0) is 0 Å². The summed E-state index contributed by atoms with van der Waals surface area (Å²) in [7, 11) is 0. The van der Waals surface area contributed by atoms with E-state index in [1.165, 1.54) is 6.92 Å². The second-order valence-corrected chi connectivity index (χ2v) is 3.48. The van der Waals surface area contributed by atoms with Crippen LogP contribution < -0.4 is 0 Å². The minimum atomic E-state index is -0.122. The van der Waals surface area contributed by atoms with Crippen LogP contribution in [0.3, 0.4) is 0 Å². The van der Waals surface area contributed by atoms with Crippen molar-refractivity contribution in [3.8, 4) is 5.75 Å². The Labute approximate surface area is 79.3 Å². The SMILES string of the molecule is CC(=O)c1ccc(Br)c(C)c1O. The number of hydrogen-bond acceptors (Lipinski definition) is 2. The predicted molar refractivity (Wildman–Crippen MR) is 50.5 cm³/mol. The van der Waals surface area contributed by atoms with E-state index in [1.54, 1.807) is 19.1 Å². The van der Waals surface area contributed by atoms with Gasteiger partial charge >= 0.3 is 0 Å². The maximum atomic E-state index is 11.0. The summed E-state index contributed by atoms with van der Waals surface area (Å²) < 4.78 is 0.810. The van der Waals surface area contributed by atoms with Gasteiger partial charge in [0.2, 0.25) is 0 Å². The minimum absolute atomic E-state index is 0.0666. The van der Waals surface area contributed by atoms with Crippen molar-refractivity contribution in [3.05, 3.63) is 27.7 Å². The van der Waals surface area contributed by atoms with Gasteiger partial charge in [-0.15, -0.1) is 0 Å². The molecule has 0 aliphatic rings. The van der Waals surface area contributed by atoms with Crippen LogP contribution in [0.1, 0.15) is 22.8 Å². The third-order valence-corrected chi connectivity index (χ3v) is 2.60. The normalized spacial score (nSPS) is 9.92. The minimum Gasteiger partial charge on any atom is -0.507 e. The molecule has 0 unspecified atom stereocenters. The molecule has 0 aromatic heterocycles. The van der Waals surface area contributed by atoms with Crippen molar-refractivity contribution >= 4 is 21.7 Å². The highest BCUT2D eigenvalue weighted by Crippen LogP contribution is 2.28. The van der Waals surface area contributed by atoms with Gasteiger partial charge in [-0.05, 0) is 26.0 Å². The first-order valence-electron chi connectivity index (χ1n) is 3.53. The van der Waals surface area contributed by atoms with Crippen molar-refractivity contribution < 1.29 is 9.90 Å². The highest BCUT2D eigenvalue weighted by molar-refractivity contribution is 9.10. The number of carbonyl (C=O) groups excluding carboxylic acids is 1. The maximum Gasteiger partial charge on any atom is 0.163 e. The van der Waals surface area contributed by atoms with Crippen LogP contribution in [-0.4, -0.2) is 10.9 Å². The van der Waals surface area contributed by atoms with Crippen LogP contribution in [0.15, 0.2) is 16.6 Å². The van der Waals surface area contributed by atoms with E-state index in [-0.39, 0.29) is 11.5 Å². The van der Waals surface area contributed by atoms with Crippen molar-refractivity contribution in [2.45, 2.75) is 13.8 Å². The molecule has 0 atom stereocenters. The van der Waals surface area contributed by atoms with Gasteiger partial charge in [-0.3, -0.25) is 4.79 Å². The molecule has 1 aromatic rings. The molecule has 64 valence electrons. The number of halogens is 1. The largest absolute Gasteiger partial charge is 0.507 e. The van der Waals surface area contributed by atoms with Gasteiger partial charge in [-0.25, -0.2) is 0 Å². The second kappa shape index (κ2) is 3.27. The first-order chi connectivity index (χ1) is 5.54. The summed E-state index contributed by atoms with van der Waals surface area (Å²) in [5.74, 6) is -0.0556. The number of carbonyl (C=O) groups is 1. The molecule has 0 amide bonds. The number of Topliss-reactive ketones (excluding diaryl/α,β-unsaturated/α-hetero) is 1. The summed E-state index contributed by atoms with van der Waals surface area (Å²) in [5, 5.41) is 9.50. The fourth-order valence-electron chi connectivity index (χ4n) is 0.960. The Morgan fingerprint density at radius 3 is 2.58 bits per heavy atom.